The van der Waals surface area contributed by atoms with Crippen molar-refractivity contribution < 1.29 is 18.7 Å². The molecule has 1 aliphatic rings. The topological polar surface area (TPSA) is 63.9 Å². The number of carbonyl (C=O) groups excluding carboxylic acids is 1. The Kier molecular flexibility index (Phi) is 7.57. The summed E-state index contributed by atoms with van der Waals surface area (Å²) in [6.45, 7) is 3.25. The summed E-state index contributed by atoms with van der Waals surface area (Å²) in [7, 11) is 3.29. The normalized spacial score (nSPS) is 18.3. The molecule has 1 amide bonds. The fourth-order valence-corrected chi connectivity index (χ4v) is 4.64. The molecule has 2 aromatic carbocycles. The number of likely N-dealkylation sites (tertiary alicyclic amines) is 1. The van der Waals surface area contributed by atoms with Gasteiger partial charge in [0, 0.05) is 48.6 Å². The van der Waals surface area contributed by atoms with Crippen LogP contribution in [0.4, 0.5) is 0 Å². The second-order valence-electron chi connectivity index (χ2n) is 8.30. The Morgan fingerprint density at radius 1 is 1.09 bits per heavy atom. The molecular weight excluding hydrogens is 440 g/mol. The van der Waals surface area contributed by atoms with E-state index in [1.54, 1.807) is 44.7 Å². The van der Waals surface area contributed by atoms with Crippen LogP contribution in [0.3, 0.4) is 0 Å². The van der Waals surface area contributed by atoms with Crippen molar-refractivity contribution in [2.75, 3.05) is 40.4 Å². The predicted octanol–water partition coefficient (Wildman–Crippen LogP) is 4.64. The number of amides is 1. The molecule has 1 aromatic heterocycles. The number of nitrogens with one attached hydrogen (secondary N) is 1. The second kappa shape index (κ2) is 10.8. The quantitative estimate of drug-likeness (QED) is 0.495. The molecule has 0 radical (unpaired) electrons. The molecule has 174 valence electrons. The van der Waals surface area contributed by atoms with Crippen LogP contribution in [0.25, 0.3) is 0 Å². The Balaban J connectivity index is 1.39. The van der Waals surface area contributed by atoms with E-state index in [0.717, 1.165) is 43.3 Å². The van der Waals surface area contributed by atoms with Gasteiger partial charge in [0.05, 0.1) is 20.5 Å². The fraction of sp³-hybridized carbons (Fsp3) is 0.346. The van der Waals surface area contributed by atoms with Crippen molar-refractivity contribution in [3.05, 3.63) is 82.8 Å². The average molecular weight is 469 g/mol. The summed E-state index contributed by atoms with van der Waals surface area (Å²) in [5.74, 6) is 2.81. The summed E-state index contributed by atoms with van der Waals surface area (Å²) >= 11 is 6.03. The zero-order valence-electron chi connectivity index (χ0n) is 18.9. The molecule has 1 fully saturated rings. The molecular formula is C26H29ClN2O4. The Hall–Kier alpha value is -2.96. The van der Waals surface area contributed by atoms with Crippen molar-refractivity contribution in [2.45, 2.75) is 12.3 Å². The Bertz CT molecular complexity index is 1070. The summed E-state index contributed by atoms with van der Waals surface area (Å²) in [5, 5.41) is 3.64. The zero-order chi connectivity index (χ0) is 23.2. The number of hydrogen-bond donors (Lipinski definition) is 1. The number of hydrogen-bond acceptors (Lipinski definition) is 5. The van der Waals surface area contributed by atoms with Gasteiger partial charge in [0.2, 0.25) is 0 Å². The first-order valence-electron chi connectivity index (χ1n) is 11.1. The molecule has 7 heteroatoms. The molecule has 0 spiro atoms. The number of ether oxygens (including phenoxy) is 2. The van der Waals surface area contributed by atoms with Gasteiger partial charge in [-0.05, 0) is 54.4 Å². The highest BCUT2D eigenvalue weighted by atomic mass is 35.5. The van der Waals surface area contributed by atoms with Crippen molar-refractivity contribution in [3.8, 4) is 11.5 Å². The Labute approximate surface area is 199 Å². The van der Waals surface area contributed by atoms with Crippen LogP contribution >= 0.6 is 11.6 Å². The number of methoxy groups -OCH3 is 2. The van der Waals surface area contributed by atoms with E-state index in [1.165, 1.54) is 5.56 Å². The van der Waals surface area contributed by atoms with E-state index in [9.17, 15) is 4.79 Å². The number of benzene rings is 2. The molecule has 6 nitrogen and oxygen atoms in total. The summed E-state index contributed by atoms with van der Waals surface area (Å²) < 4.78 is 16.5. The lowest BCUT2D eigenvalue weighted by Gasteiger charge is -2.17. The van der Waals surface area contributed by atoms with Crippen molar-refractivity contribution in [2.24, 2.45) is 5.92 Å². The van der Waals surface area contributed by atoms with Crippen LogP contribution in [0.1, 0.15) is 27.6 Å². The molecule has 0 unspecified atom stereocenters. The van der Waals surface area contributed by atoms with Crippen LogP contribution in [0.5, 0.6) is 11.5 Å². The van der Waals surface area contributed by atoms with Gasteiger partial charge in [0.25, 0.3) is 5.91 Å². The van der Waals surface area contributed by atoms with Crippen LogP contribution in [0, 0.1) is 5.92 Å². The third kappa shape index (κ3) is 5.70. The number of carbonyl (C=O) groups is 1. The molecule has 0 bridgehead atoms. The van der Waals surface area contributed by atoms with Gasteiger partial charge in [-0.15, -0.1) is 0 Å². The lowest BCUT2D eigenvalue weighted by Crippen LogP contribution is -2.32. The van der Waals surface area contributed by atoms with Gasteiger partial charge in [-0.2, -0.15) is 0 Å². The first-order chi connectivity index (χ1) is 16.1. The van der Waals surface area contributed by atoms with Crippen molar-refractivity contribution in [1.82, 2.24) is 10.2 Å². The van der Waals surface area contributed by atoms with Crippen LogP contribution < -0.4 is 14.8 Å². The Morgan fingerprint density at radius 3 is 2.67 bits per heavy atom. The Morgan fingerprint density at radius 2 is 1.94 bits per heavy atom. The van der Waals surface area contributed by atoms with Gasteiger partial charge in [-0.3, -0.25) is 4.79 Å². The van der Waals surface area contributed by atoms with Gasteiger partial charge >= 0.3 is 0 Å². The highest BCUT2D eigenvalue weighted by molar-refractivity contribution is 6.30. The monoisotopic (exact) mass is 468 g/mol. The molecule has 1 N–H and O–H groups in total. The summed E-state index contributed by atoms with van der Waals surface area (Å²) in [5.41, 5.74) is 1.76. The molecule has 0 aliphatic carbocycles. The fourth-order valence-electron chi connectivity index (χ4n) is 4.45. The standard InChI is InChI=1S/C26H29ClN2O4/c1-31-24-9-8-18(13-25(24)32-2)10-11-29-16-20(22(17-29)23-7-4-12-33-23)15-28-26(30)19-5-3-6-21(27)14-19/h3-9,12-14,20,22H,10-11,15-17H2,1-2H3,(H,28,30)/t20-,22-/m0/s1. The first kappa shape index (κ1) is 23.2. The summed E-state index contributed by atoms with van der Waals surface area (Å²) in [6, 6.07) is 17.0. The van der Waals surface area contributed by atoms with Crippen LogP contribution in [0.2, 0.25) is 5.02 Å². The maximum Gasteiger partial charge on any atom is 0.251 e. The van der Waals surface area contributed by atoms with E-state index >= 15 is 0 Å². The number of rotatable bonds is 9. The summed E-state index contributed by atoms with van der Waals surface area (Å²) in [4.78, 5) is 15.1. The van der Waals surface area contributed by atoms with Gasteiger partial charge < -0.3 is 24.1 Å². The third-order valence-electron chi connectivity index (χ3n) is 6.20. The highest BCUT2D eigenvalue weighted by Crippen LogP contribution is 2.33. The first-order valence-corrected chi connectivity index (χ1v) is 11.5. The van der Waals surface area contributed by atoms with Gasteiger partial charge in [-0.25, -0.2) is 0 Å². The molecule has 1 aliphatic heterocycles. The molecule has 2 atom stereocenters. The minimum absolute atomic E-state index is 0.112. The zero-order valence-corrected chi connectivity index (χ0v) is 19.7. The highest BCUT2D eigenvalue weighted by Gasteiger charge is 2.35. The smallest absolute Gasteiger partial charge is 0.251 e. The molecule has 0 saturated carbocycles. The van der Waals surface area contributed by atoms with Crippen LogP contribution in [-0.2, 0) is 6.42 Å². The maximum absolute atomic E-state index is 12.6. The molecule has 2 heterocycles. The van der Waals surface area contributed by atoms with E-state index in [2.05, 4.69) is 16.3 Å². The number of halogens is 1. The second-order valence-corrected chi connectivity index (χ2v) is 8.74. The number of furan rings is 1. The largest absolute Gasteiger partial charge is 0.493 e. The molecule has 1 saturated heterocycles. The minimum atomic E-state index is -0.112. The van der Waals surface area contributed by atoms with E-state index in [0.29, 0.717) is 17.1 Å². The van der Waals surface area contributed by atoms with Gasteiger partial charge in [-0.1, -0.05) is 23.7 Å². The van der Waals surface area contributed by atoms with Crippen LogP contribution in [-0.4, -0.2) is 51.2 Å². The maximum atomic E-state index is 12.6. The summed E-state index contributed by atoms with van der Waals surface area (Å²) in [6.07, 6.45) is 2.61. The van der Waals surface area contributed by atoms with E-state index in [-0.39, 0.29) is 17.7 Å². The lowest BCUT2D eigenvalue weighted by molar-refractivity contribution is 0.0946. The van der Waals surface area contributed by atoms with Crippen molar-refractivity contribution in [1.29, 1.82) is 0 Å². The van der Waals surface area contributed by atoms with Crippen molar-refractivity contribution in [3.63, 3.8) is 0 Å². The third-order valence-corrected chi connectivity index (χ3v) is 6.44. The predicted molar refractivity (Wildman–Crippen MR) is 128 cm³/mol. The lowest BCUT2D eigenvalue weighted by atomic mass is 9.93. The van der Waals surface area contributed by atoms with Gasteiger partial charge in [0.15, 0.2) is 11.5 Å². The minimum Gasteiger partial charge on any atom is -0.493 e. The average Bonchev–Trinajstić information content (AvgIpc) is 3.51. The van der Waals surface area contributed by atoms with Crippen molar-refractivity contribution >= 4 is 17.5 Å². The van der Waals surface area contributed by atoms with Crippen LogP contribution in [0.15, 0.2) is 65.3 Å². The van der Waals surface area contributed by atoms with Gasteiger partial charge in [0.1, 0.15) is 5.76 Å². The molecule has 33 heavy (non-hydrogen) atoms. The van der Waals surface area contributed by atoms with E-state index in [1.807, 2.05) is 24.3 Å². The number of nitrogens with zero attached hydrogens (tertiary/aromatic N) is 1. The SMILES string of the molecule is COc1ccc(CCN2C[C@H](CNC(=O)c3cccc(Cl)c3)[C@@H](c3ccco3)C2)cc1OC. The van der Waals surface area contributed by atoms with E-state index in [4.69, 9.17) is 25.5 Å². The molecule has 4 rings (SSSR count). The molecule has 3 aromatic rings. The van der Waals surface area contributed by atoms with E-state index < -0.39 is 0 Å².